The lowest BCUT2D eigenvalue weighted by Gasteiger charge is -2.16. The van der Waals surface area contributed by atoms with Gasteiger partial charge >= 0.3 is 0 Å². The minimum Gasteiger partial charge on any atom is -0.487 e. The Morgan fingerprint density at radius 3 is 1.68 bits per heavy atom. The Balaban J connectivity index is 1.40. The molecule has 0 amide bonds. The van der Waals surface area contributed by atoms with Gasteiger partial charge in [0.2, 0.25) is 0 Å². The van der Waals surface area contributed by atoms with Crippen molar-refractivity contribution in [1.29, 1.82) is 0 Å². The lowest BCUT2D eigenvalue weighted by Crippen LogP contribution is -1.99. The van der Waals surface area contributed by atoms with Crippen molar-refractivity contribution in [2.24, 2.45) is 0 Å². The zero-order chi connectivity index (χ0) is 27.0. The van der Waals surface area contributed by atoms with Crippen LogP contribution in [-0.4, -0.2) is 9.97 Å². The summed E-state index contributed by atoms with van der Waals surface area (Å²) in [7, 11) is 0. The number of benzene rings is 4. The van der Waals surface area contributed by atoms with Crippen LogP contribution in [0.5, 0.6) is 11.5 Å². The Labute approximate surface area is 234 Å². The predicted octanol–water partition coefficient (Wildman–Crippen LogP) is 9.01. The molecule has 0 saturated carbocycles. The van der Waals surface area contributed by atoms with Crippen molar-refractivity contribution < 1.29 is 9.47 Å². The van der Waals surface area contributed by atoms with Gasteiger partial charge in [0.25, 0.3) is 0 Å². The van der Waals surface area contributed by atoms with Crippen LogP contribution in [0.2, 0.25) is 0 Å². The van der Waals surface area contributed by atoms with Gasteiger partial charge in [-0.2, -0.15) is 0 Å². The highest BCUT2D eigenvalue weighted by atomic mass is 16.5. The maximum Gasteiger partial charge on any atom is 0.145 e. The van der Waals surface area contributed by atoms with Crippen LogP contribution in [0.25, 0.3) is 34.7 Å². The first-order chi connectivity index (χ1) is 19.8. The van der Waals surface area contributed by atoms with Crippen molar-refractivity contribution in [2.75, 3.05) is 0 Å². The molecule has 4 aromatic carbocycles. The standard InChI is InChI=1S/C36H30N2O2/c1-4-11-27(12-5-1)19-20-30-17-10-18-31(35-32(21-23-37-35)39-25-28-13-6-2-7-14-28)34(30)36-33(22-24-38-36)40-26-29-15-8-3-9-16-29/h1-24,37-38H,25-26H2. The fraction of sp³-hybridized carbons (Fsp3) is 0.0556. The molecular weight excluding hydrogens is 492 g/mol. The first kappa shape index (κ1) is 25.1. The number of hydrogen-bond donors (Lipinski definition) is 2. The molecule has 0 aliphatic rings. The average Bonchev–Trinajstić information content (AvgIpc) is 3.69. The Kier molecular flexibility index (Phi) is 7.58. The molecule has 0 unspecified atom stereocenters. The number of aromatic amines is 2. The van der Waals surface area contributed by atoms with E-state index in [0.717, 1.165) is 56.3 Å². The second-order valence-corrected chi connectivity index (χ2v) is 9.50. The lowest BCUT2D eigenvalue weighted by molar-refractivity contribution is 0.307. The van der Waals surface area contributed by atoms with Crippen molar-refractivity contribution in [1.82, 2.24) is 9.97 Å². The minimum absolute atomic E-state index is 0.483. The zero-order valence-corrected chi connectivity index (χ0v) is 22.1. The van der Waals surface area contributed by atoms with Gasteiger partial charge in [0.05, 0.1) is 11.4 Å². The van der Waals surface area contributed by atoms with E-state index in [0.29, 0.717) is 13.2 Å². The highest BCUT2D eigenvalue weighted by molar-refractivity contribution is 5.92. The van der Waals surface area contributed by atoms with E-state index in [2.05, 4.69) is 76.7 Å². The summed E-state index contributed by atoms with van der Waals surface area (Å²) in [4.78, 5) is 6.90. The third kappa shape index (κ3) is 5.77. The minimum atomic E-state index is 0.483. The number of hydrogen-bond acceptors (Lipinski definition) is 2. The van der Waals surface area contributed by atoms with Gasteiger partial charge in [0, 0.05) is 23.5 Å². The van der Waals surface area contributed by atoms with Crippen LogP contribution in [0.4, 0.5) is 0 Å². The number of H-pyrrole nitrogens is 2. The number of nitrogens with one attached hydrogen (secondary N) is 2. The molecule has 0 saturated heterocycles. The third-order valence-electron chi connectivity index (χ3n) is 6.76. The summed E-state index contributed by atoms with van der Waals surface area (Å²) < 4.78 is 12.7. The van der Waals surface area contributed by atoms with Gasteiger partial charge in [-0.15, -0.1) is 0 Å². The fourth-order valence-corrected chi connectivity index (χ4v) is 4.77. The number of ether oxygens (including phenoxy) is 2. The monoisotopic (exact) mass is 522 g/mol. The molecule has 40 heavy (non-hydrogen) atoms. The van der Waals surface area contributed by atoms with Crippen LogP contribution in [0, 0.1) is 0 Å². The molecule has 0 bridgehead atoms. The van der Waals surface area contributed by atoms with E-state index >= 15 is 0 Å². The molecule has 2 heterocycles. The largest absolute Gasteiger partial charge is 0.487 e. The van der Waals surface area contributed by atoms with E-state index in [9.17, 15) is 0 Å². The Morgan fingerprint density at radius 1 is 0.500 bits per heavy atom. The Morgan fingerprint density at radius 2 is 1.05 bits per heavy atom. The zero-order valence-electron chi connectivity index (χ0n) is 22.1. The first-order valence-corrected chi connectivity index (χ1v) is 13.4. The van der Waals surface area contributed by atoms with Crippen molar-refractivity contribution in [3.63, 3.8) is 0 Å². The Hall–Kier alpha value is -5.22. The summed E-state index contributed by atoms with van der Waals surface area (Å²) in [6.07, 6.45) is 8.15. The van der Waals surface area contributed by atoms with E-state index in [4.69, 9.17) is 9.47 Å². The van der Waals surface area contributed by atoms with Gasteiger partial charge in [-0.05, 0) is 34.4 Å². The van der Waals surface area contributed by atoms with E-state index in [1.807, 2.05) is 79.1 Å². The smallest absolute Gasteiger partial charge is 0.145 e. The molecule has 6 aromatic rings. The predicted molar refractivity (Wildman–Crippen MR) is 163 cm³/mol. The molecular formula is C36H30N2O2. The van der Waals surface area contributed by atoms with E-state index in [1.165, 1.54) is 0 Å². The summed E-state index contributed by atoms with van der Waals surface area (Å²) in [6.45, 7) is 0.972. The summed E-state index contributed by atoms with van der Waals surface area (Å²) in [6, 6.07) is 41.1. The van der Waals surface area contributed by atoms with E-state index in [-0.39, 0.29) is 0 Å². The van der Waals surface area contributed by atoms with Gasteiger partial charge in [-0.1, -0.05) is 121 Å². The third-order valence-corrected chi connectivity index (χ3v) is 6.76. The van der Waals surface area contributed by atoms with Crippen LogP contribution in [0.3, 0.4) is 0 Å². The normalized spacial score (nSPS) is 11.1. The molecule has 0 radical (unpaired) electrons. The van der Waals surface area contributed by atoms with Gasteiger partial charge in [-0.25, -0.2) is 0 Å². The average molecular weight is 523 g/mol. The van der Waals surface area contributed by atoms with Crippen molar-refractivity contribution >= 4 is 12.2 Å². The van der Waals surface area contributed by atoms with Gasteiger partial charge < -0.3 is 19.4 Å². The summed E-state index contributed by atoms with van der Waals surface area (Å²) >= 11 is 0. The molecule has 0 atom stereocenters. The van der Waals surface area contributed by atoms with Crippen molar-refractivity contribution in [3.8, 4) is 34.0 Å². The van der Waals surface area contributed by atoms with Crippen LogP contribution in [-0.2, 0) is 13.2 Å². The fourth-order valence-electron chi connectivity index (χ4n) is 4.77. The molecule has 0 spiro atoms. The number of aromatic nitrogens is 2. The van der Waals surface area contributed by atoms with Crippen molar-refractivity contribution in [2.45, 2.75) is 13.2 Å². The molecule has 6 rings (SSSR count). The van der Waals surface area contributed by atoms with Crippen LogP contribution >= 0.6 is 0 Å². The van der Waals surface area contributed by atoms with Crippen LogP contribution in [0.1, 0.15) is 22.3 Å². The van der Waals surface area contributed by atoms with Gasteiger partial charge in [-0.3, -0.25) is 0 Å². The molecule has 2 N–H and O–H groups in total. The second kappa shape index (κ2) is 12.1. The molecule has 196 valence electrons. The summed E-state index contributed by atoms with van der Waals surface area (Å²) in [5, 5.41) is 0. The summed E-state index contributed by atoms with van der Waals surface area (Å²) in [5.74, 6) is 1.59. The van der Waals surface area contributed by atoms with E-state index in [1.54, 1.807) is 0 Å². The quantitative estimate of drug-likeness (QED) is 0.176. The summed E-state index contributed by atoms with van der Waals surface area (Å²) in [5.41, 5.74) is 8.34. The van der Waals surface area contributed by atoms with Crippen LogP contribution in [0.15, 0.2) is 134 Å². The Bertz CT molecular complexity index is 1680. The molecule has 4 heteroatoms. The molecule has 2 aromatic heterocycles. The van der Waals surface area contributed by atoms with Crippen molar-refractivity contribution in [3.05, 3.63) is 156 Å². The molecule has 0 fully saturated rings. The maximum atomic E-state index is 6.35. The lowest BCUT2D eigenvalue weighted by atomic mass is 9.94. The topological polar surface area (TPSA) is 50.0 Å². The van der Waals surface area contributed by atoms with E-state index < -0.39 is 0 Å². The maximum absolute atomic E-state index is 6.35. The molecule has 0 aliphatic heterocycles. The van der Waals surface area contributed by atoms with Gasteiger partial charge in [0.1, 0.15) is 24.7 Å². The van der Waals surface area contributed by atoms with Crippen LogP contribution < -0.4 is 9.47 Å². The second-order valence-electron chi connectivity index (χ2n) is 9.50. The van der Waals surface area contributed by atoms with Gasteiger partial charge in [0.15, 0.2) is 0 Å². The number of rotatable bonds is 10. The molecule has 4 nitrogen and oxygen atoms in total. The highest BCUT2D eigenvalue weighted by Gasteiger charge is 2.20. The first-order valence-electron chi connectivity index (χ1n) is 13.4. The highest BCUT2D eigenvalue weighted by Crippen LogP contribution is 2.42. The molecule has 0 aliphatic carbocycles. The SMILES string of the molecule is C(=Cc1cccc(-c2[nH]ccc2OCc2ccccc2)c1-c1[nH]ccc1OCc1ccccc1)c1ccccc1.